The largest absolute Gasteiger partial charge is 0.352 e. The molecule has 0 aromatic heterocycles. The molecule has 0 fully saturated rings. The van der Waals surface area contributed by atoms with Gasteiger partial charge in [-0.05, 0) is 60.9 Å². The molecule has 3 aromatic carbocycles. The first-order valence-electron chi connectivity index (χ1n) is 11.9. The molecule has 0 aliphatic heterocycles. The molecular formula is C27H31Cl2N3O4S. The molecule has 0 radical (unpaired) electrons. The average molecular weight is 565 g/mol. The van der Waals surface area contributed by atoms with Crippen LogP contribution in [-0.2, 0) is 26.2 Å². The Bertz CT molecular complexity index is 1400. The van der Waals surface area contributed by atoms with Gasteiger partial charge in [0.25, 0.3) is 0 Å². The highest BCUT2D eigenvalue weighted by Gasteiger charge is 2.32. The number of rotatable bonds is 10. The van der Waals surface area contributed by atoms with Crippen LogP contribution in [-0.4, -0.2) is 55.1 Å². The van der Waals surface area contributed by atoms with Gasteiger partial charge in [0, 0.05) is 29.7 Å². The Morgan fingerprint density at radius 1 is 0.973 bits per heavy atom. The van der Waals surface area contributed by atoms with E-state index in [1.165, 1.54) is 18.0 Å². The van der Waals surface area contributed by atoms with Gasteiger partial charge in [0.1, 0.15) is 6.04 Å². The van der Waals surface area contributed by atoms with Crippen molar-refractivity contribution in [1.82, 2.24) is 14.5 Å². The number of amides is 2. The van der Waals surface area contributed by atoms with Crippen LogP contribution in [0.2, 0.25) is 10.0 Å². The second-order valence-corrected chi connectivity index (χ2v) is 12.0. The third-order valence-electron chi connectivity index (χ3n) is 5.96. The smallest absolute Gasteiger partial charge is 0.243 e. The van der Waals surface area contributed by atoms with Crippen molar-refractivity contribution >= 4 is 55.8 Å². The summed E-state index contributed by atoms with van der Waals surface area (Å²) in [6.45, 7) is 5.02. The second-order valence-electron chi connectivity index (χ2n) is 9.11. The highest BCUT2D eigenvalue weighted by molar-refractivity contribution is 7.89. The molecule has 0 heterocycles. The maximum Gasteiger partial charge on any atom is 0.243 e. The Morgan fingerprint density at radius 3 is 2.27 bits per heavy atom. The number of nitrogens with one attached hydrogen (secondary N) is 1. The van der Waals surface area contributed by atoms with Crippen molar-refractivity contribution in [2.75, 3.05) is 13.6 Å². The summed E-state index contributed by atoms with van der Waals surface area (Å²) < 4.78 is 27.7. The normalized spacial score (nSPS) is 12.6. The Morgan fingerprint density at radius 2 is 1.65 bits per heavy atom. The summed E-state index contributed by atoms with van der Waals surface area (Å²) in [5.74, 6) is -0.848. The predicted octanol–water partition coefficient (Wildman–Crippen LogP) is 5.10. The number of carbonyl (C=O) groups excluding carboxylic acids is 2. The predicted molar refractivity (Wildman–Crippen MR) is 148 cm³/mol. The first-order valence-corrected chi connectivity index (χ1v) is 14.1. The molecule has 2 amide bonds. The molecule has 10 heteroatoms. The van der Waals surface area contributed by atoms with Crippen molar-refractivity contribution in [2.24, 2.45) is 0 Å². The zero-order valence-corrected chi connectivity index (χ0v) is 23.6. The molecule has 0 aliphatic carbocycles. The summed E-state index contributed by atoms with van der Waals surface area (Å²) >= 11 is 12.4. The molecule has 3 aromatic rings. The lowest BCUT2D eigenvalue weighted by molar-refractivity contribution is -0.141. The van der Waals surface area contributed by atoms with Crippen LogP contribution in [0.4, 0.5) is 0 Å². The van der Waals surface area contributed by atoms with Crippen LogP contribution in [0.15, 0.2) is 65.6 Å². The van der Waals surface area contributed by atoms with E-state index < -0.39 is 28.5 Å². The molecule has 1 atom stereocenters. The van der Waals surface area contributed by atoms with Gasteiger partial charge in [0.2, 0.25) is 21.8 Å². The number of fused-ring (bicyclic) bond motifs is 1. The molecule has 1 unspecified atom stereocenters. The lowest BCUT2D eigenvalue weighted by Gasteiger charge is -2.32. The molecule has 7 nitrogen and oxygen atoms in total. The zero-order valence-electron chi connectivity index (χ0n) is 21.2. The molecule has 0 aliphatic rings. The molecule has 1 N–H and O–H groups in total. The van der Waals surface area contributed by atoms with Crippen LogP contribution in [0.1, 0.15) is 32.8 Å². The average Bonchev–Trinajstić information content (AvgIpc) is 2.84. The van der Waals surface area contributed by atoms with Crippen LogP contribution in [0.3, 0.4) is 0 Å². The van der Waals surface area contributed by atoms with Gasteiger partial charge in [0.15, 0.2) is 0 Å². The minimum atomic E-state index is -3.98. The van der Waals surface area contributed by atoms with Crippen molar-refractivity contribution in [2.45, 2.75) is 50.7 Å². The van der Waals surface area contributed by atoms with E-state index in [1.54, 1.807) is 37.3 Å². The molecular weight excluding hydrogens is 533 g/mol. The van der Waals surface area contributed by atoms with Gasteiger partial charge < -0.3 is 10.2 Å². The Kier molecular flexibility index (Phi) is 9.58. The Labute approximate surface area is 228 Å². The summed E-state index contributed by atoms with van der Waals surface area (Å²) in [6.07, 6.45) is 0.330. The minimum absolute atomic E-state index is 0.0166. The van der Waals surface area contributed by atoms with E-state index in [-0.39, 0.29) is 23.4 Å². The van der Waals surface area contributed by atoms with E-state index in [2.05, 4.69) is 5.32 Å². The summed E-state index contributed by atoms with van der Waals surface area (Å²) in [4.78, 5) is 28.0. The van der Waals surface area contributed by atoms with Crippen LogP contribution >= 0.6 is 23.2 Å². The first-order chi connectivity index (χ1) is 17.4. The summed E-state index contributed by atoms with van der Waals surface area (Å²) in [7, 11) is -2.62. The fourth-order valence-electron chi connectivity index (χ4n) is 4.01. The number of nitrogens with zero attached hydrogens (tertiary/aromatic N) is 2. The Balaban J connectivity index is 1.91. The number of benzene rings is 3. The molecule has 198 valence electrons. The molecule has 3 rings (SSSR count). The SMILES string of the molecule is CCC(C(=O)NC(C)C)N(Cc1ccc(Cl)cc1Cl)C(=O)CN(C)S(=O)(=O)c1ccc2ccccc2c1. The number of sulfonamides is 1. The lowest BCUT2D eigenvalue weighted by atomic mass is 10.1. The highest BCUT2D eigenvalue weighted by Crippen LogP contribution is 2.25. The monoisotopic (exact) mass is 563 g/mol. The van der Waals surface area contributed by atoms with Crippen molar-refractivity contribution in [1.29, 1.82) is 0 Å². The van der Waals surface area contributed by atoms with Crippen molar-refractivity contribution in [3.63, 3.8) is 0 Å². The summed E-state index contributed by atoms with van der Waals surface area (Å²) in [5.41, 5.74) is 0.593. The van der Waals surface area contributed by atoms with Gasteiger partial charge in [-0.25, -0.2) is 8.42 Å². The highest BCUT2D eigenvalue weighted by atomic mass is 35.5. The van der Waals surface area contributed by atoms with E-state index in [0.717, 1.165) is 15.1 Å². The fraction of sp³-hybridized carbons (Fsp3) is 0.333. The van der Waals surface area contributed by atoms with E-state index >= 15 is 0 Å². The third-order valence-corrected chi connectivity index (χ3v) is 8.35. The summed E-state index contributed by atoms with van der Waals surface area (Å²) in [5, 5.41) is 5.32. The lowest BCUT2D eigenvalue weighted by Crippen LogP contribution is -2.52. The number of carbonyl (C=O) groups is 2. The van der Waals surface area contributed by atoms with Crippen molar-refractivity contribution in [3.8, 4) is 0 Å². The zero-order chi connectivity index (χ0) is 27.3. The molecule has 37 heavy (non-hydrogen) atoms. The molecule has 0 bridgehead atoms. The third kappa shape index (κ3) is 7.02. The molecule has 0 spiro atoms. The van der Waals surface area contributed by atoms with Gasteiger partial charge in [0.05, 0.1) is 11.4 Å². The van der Waals surface area contributed by atoms with Crippen LogP contribution in [0.25, 0.3) is 10.8 Å². The standard InChI is InChI=1S/C27H31Cl2N3O4S/c1-5-25(27(34)30-18(2)3)32(16-21-10-12-22(28)15-24(21)29)26(33)17-31(4)37(35,36)23-13-11-19-8-6-7-9-20(19)14-23/h6-15,18,25H,5,16-17H2,1-4H3,(H,30,34). The number of halogens is 2. The molecule has 0 saturated carbocycles. The van der Waals surface area contributed by atoms with Crippen molar-refractivity contribution < 1.29 is 18.0 Å². The second kappa shape index (κ2) is 12.3. The van der Waals surface area contributed by atoms with Crippen molar-refractivity contribution in [3.05, 3.63) is 76.3 Å². The number of likely N-dealkylation sites (N-methyl/N-ethyl adjacent to an activating group) is 1. The first kappa shape index (κ1) is 28.9. The van der Waals surface area contributed by atoms with E-state index in [1.807, 2.05) is 38.1 Å². The van der Waals surface area contributed by atoms with E-state index in [4.69, 9.17) is 23.2 Å². The van der Waals surface area contributed by atoms with Crippen LogP contribution < -0.4 is 5.32 Å². The molecule has 0 saturated heterocycles. The Hall–Kier alpha value is -2.65. The van der Waals surface area contributed by atoms with Crippen LogP contribution in [0, 0.1) is 0 Å². The summed E-state index contributed by atoms with van der Waals surface area (Å²) in [6, 6.07) is 16.2. The van der Waals surface area contributed by atoms with E-state index in [0.29, 0.717) is 22.0 Å². The quantitative estimate of drug-likeness (QED) is 0.371. The topological polar surface area (TPSA) is 86.8 Å². The maximum absolute atomic E-state index is 13.6. The fourth-order valence-corrected chi connectivity index (χ4v) is 5.63. The number of hydrogen-bond acceptors (Lipinski definition) is 4. The maximum atomic E-state index is 13.6. The van der Waals surface area contributed by atoms with E-state index in [9.17, 15) is 18.0 Å². The van der Waals surface area contributed by atoms with Gasteiger partial charge in [-0.1, -0.05) is 66.5 Å². The van der Waals surface area contributed by atoms with Gasteiger partial charge in [-0.2, -0.15) is 4.31 Å². The van der Waals surface area contributed by atoms with Gasteiger partial charge in [-0.3, -0.25) is 9.59 Å². The van der Waals surface area contributed by atoms with Gasteiger partial charge >= 0.3 is 0 Å². The van der Waals surface area contributed by atoms with Gasteiger partial charge in [-0.15, -0.1) is 0 Å². The minimum Gasteiger partial charge on any atom is -0.352 e. The number of hydrogen-bond donors (Lipinski definition) is 1. The van der Waals surface area contributed by atoms with Crippen LogP contribution in [0.5, 0.6) is 0 Å².